The Morgan fingerprint density at radius 3 is 2.27 bits per heavy atom. The summed E-state index contributed by atoms with van der Waals surface area (Å²) in [6.07, 6.45) is 4.15. The zero-order valence-electron chi connectivity index (χ0n) is 10.4. The number of rotatable bonds is 8. The molecule has 1 atom stereocenters. The van der Waals surface area contributed by atoms with Crippen LogP contribution in [0.25, 0.3) is 0 Å². The van der Waals surface area contributed by atoms with Gasteiger partial charge in [-0.25, -0.2) is 8.42 Å². The molecule has 4 heteroatoms. The minimum absolute atomic E-state index is 0.312. The highest BCUT2D eigenvalue weighted by atomic mass is 32.2. The molecule has 0 radical (unpaired) electrons. The van der Waals surface area contributed by atoms with Crippen LogP contribution in [-0.4, -0.2) is 33.0 Å². The first-order valence-electron chi connectivity index (χ1n) is 5.76. The van der Waals surface area contributed by atoms with Crippen molar-refractivity contribution in [1.29, 1.82) is 0 Å². The first-order chi connectivity index (χ1) is 6.85. The molecule has 0 aliphatic carbocycles. The Hall–Kier alpha value is -0.0900. The second kappa shape index (κ2) is 7.23. The molecule has 0 aromatic carbocycles. The van der Waals surface area contributed by atoms with E-state index in [2.05, 4.69) is 26.1 Å². The lowest BCUT2D eigenvalue weighted by Gasteiger charge is -2.19. The van der Waals surface area contributed by atoms with Gasteiger partial charge < -0.3 is 5.32 Å². The third-order valence-electron chi connectivity index (χ3n) is 2.32. The van der Waals surface area contributed by atoms with E-state index in [1.165, 1.54) is 6.26 Å². The third kappa shape index (κ3) is 10.2. The van der Waals surface area contributed by atoms with Crippen LogP contribution in [0.4, 0.5) is 0 Å². The predicted molar refractivity (Wildman–Crippen MR) is 65.9 cm³/mol. The van der Waals surface area contributed by atoms with E-state index in [0.29, 0.717) is 17.7 Å². The van der Waals surface area contributed by atoms with Gasteiger partial charge in [0.25, 0.3) is 0 Å². The predicted octanol–water partition coefficient (Wildman–Crippen LogP) is 1.84. The summed E-state index contributed by atoms with van der Waals surface area (Å²) in [4.78, 5) is 0. The summed E-state index contributed by atoms with van der Waals surface area (Å²) in [6.45, 7) is 7.43. The Morgan fingerprint density at radius 2 is 1.87 bits per heavy atom. The van der Waals surface area contributed by atoms with Gasteiger partial charge >= 0.3 is 0 Å². The van der Waals surface area contributed by atoms with Gasteiger partial charge in [0.05, 0.1) is 0 Å². The molecule has 0 aromatic heterocycles. The van der Waals surface area contributed by atoms with E-state index in [1.807, 2.05) is 0 Å². The van der Waals surface area contributed by atoms with Gasteiger partial charge in [-0.05, 0) is 31.7 Å². The third-order valence-corrected chi connectivity index (χ3v) is 3.35. The Morgan fingerprint density at radius 1 is 1.27 bits per heavy atom. The fraction of sp³-hybridized carbons (Fsp3) is 1.00. The molecule has 1 unspecified atom stereocenters. The van der Waals surface area contributed by atoms with Crippen LogP contribution in [0, 0.1) is 5.92 Å². The topological polar surface area (TPSA) is 46.2 Å². The van der Waals surface area contributed by atoms with E-state index in [-0.39, 0.29) is 0 Å². The summed E-state index contributed by atoms with van der Waals surface area (Å²) in [7, 11) is -2.79. The van der Waals surface area contributed by atoms with E-state index in [4.69, 9.17) is 0 Å². The van der Waals surface area contributed by atoms with Crippen LogP contribution >= 0.6 is 0 Å². The molecule has 1 N–H and O–H groups in total. The molecule has 0 rings (SSSR count). The summed E-state index contributed by atoms with van der Waals surface area (Å²) in [5.74, 6) is 0.972. The van der Waals surface area contributed by atoms with Crippen molar-refractivity contribution < 1.29 is 8.42 Å². The Kier molecular flexibility index (Phi) is 7.18. The fourth-order valence-corrected chi connectivity index (χ4v) is 2.44. The lowest BCUT2D eigenvalue weighted by Crippen LogP contribution is -2.30. The molecule has 0 saturated carbocycles. The molecule has 0 amide bonds. The summed E-state index contributed by atoms with van der Waals surface area (Å²) in [5, 5.41) is 3.41. The normalized spacial score (nSPS) is 14.5. The van der Waals surface area contributed by atoms with Gasteiger partial charge in [0.2, 0.25) is 0 Å². The maximum absolute atomic E-state index is 11.0. The molecule has 0 aliphatic rings. The Balaban J connectivity index is 3.85. The molecular formula is C11H25NO2S. The number of hydrogen-bond donors (Lipinski definition) is 1. The first-order valence-corrected chi connectivity index (χ1v) is 7.82. The van der Waals surface area contributed by atoms with Crippen molar-refractivity contribution in [2.24, 2.45) is 5.92 Å². The van der Waals surface area contributed by atoms with Crippen molar-refractivity contribution in [2.45, 2.75) is 46.1 Å². The van der Waals surface area contributed by atoms with Crippen LogP contribution in [-0.2, 0) is 9.84 Å². The van der Waals surface area contributed by atoms with Crippen molar-refractivity contribution in [2.75, 3.05) is 18.6 Å². The smallest absolute Gasteiger partial charge is 0.147 e. The summed E-state index contributed by atoms with van der Waals surface area (Å²) < 4.78 is 21.9. The maximum Gasteiger partial charge on any atom is 0.147 e. The number of sulfone groups is 1. The van der Waals surface area contributed by atoms with Crippen LogP contribution in [0.2, 0.25) is 0 Å². The monoisotopic (exact) mass is 235 g/mol. The van der Waals surface area contributed by atoms with Crippen molar-refractivity contribution in [3.8, 4) is 0 Å². The molecule has 3 nitrogen and oxygen atoms in total. The zero-order chi connectivity index (χ0) is 11.9. The van der Waals surface area contributed by atoms with Crippen LogP contribution < -0.4 is 5.32 Å². The van der Waals surface area contributed by atoms with E-state index in [1.54, 1.807) is 0 Å². The Labute approximate surface area is 94.6 Å². The highest BCUT2D eigenvalue weighted by molar-refractivity contribution is 7.90. The van der Waals surface area contributed by atoms with Crippen LogP contribution in [0.3, 0.4) is 0 Å². The molecule has 15 heavy (non-hydrogen) atoms. The highest BCUT2D eigenvalue weighted by Gasteiger charge is 2.10. The lowest BCUT2D eigenvalue weighted by molar-refractivity contribution is 0.402. The van der Waals surface area contributed by atoms with Gasteiger partial charge in [-0.15, -0.1) is 0 Å². The molecule has 0 heterocycles. The maximum atomic E-state index is 11.0. The summed E-state index contributed by atoms with van der Waals surface area (Å²) >= 11 is 0. The second-order valence-corrected chi connectivity index (χ2v) is 6.92. The van der Waals surface area contributed by atoms with Crippen LogP contribution in [0.15, 0.2) is 0 Å². The quantitative estimate of drug-likeness (QED) is 0.698. The average molecular weight is 235 g/mol. The van der Waals surface area contributed by atoms with Gasteiger partial charge in [-0.3, -0.25) is 0 Å². The van der Waals surface area contributed by atoms with Crippen LogP contribution in [0.1, 0.15) is 40.0 Å². The van der Waals surface area contributed by atoms with Crippen molar-refractivity contribution in [3.05, 3.63) is 0 Å². The fourth-order valence-electron chi connectivity index (χ4n) is 1.75. The first kappa shape index (κ1) is 14.9. The summed E-state index contributed by atoms with van der Waals surface area (Å²) in [5.41, 5.74) is 0. The summed E-state index contributed by atoms with van der Waals surface area (Å²) in [6, 6.07) is 0.469. The van der Waals surface area contributed by atoms with E-state index < -0.39 is 9.84 Å². The molecule has 0 aromatic rings. The van der Waals surface area contributed by atoms with Gasteiger partial charge in [-0.1, -0.05) is 20.8 Å². The second-order valence-electron chi connectivity index (χ2n) is 4.66. The standard InChI is InChI=1S/C11H25NO2S/c1-5-12-11(9-10(2)3)7-6-8-15(4,13)14/h10-12H,5-9H2,1-4H3. The number of hydrogen-bond acceptors (Lipinski definition) is 3. The molecular weight excluding hydrogens is 210 g/mol. The van der Waals surface area contributed by atoms with E-state index >= 15 is 0 Å². The van der Waals surface area contributed by atoms with Gasteiger partial charge in [0.1, 0.15) is 9.84 Å². The Bertz CT molecular complexity index is 247. The van der Waals surface area contributed by atoms with Crippen LogP contribution in [0.5, 0.6) is 0 Å². The largest absolute Gasteiger partial charge is 0.314 e. The molecule has 0 saturated heterocycles. The van der Waals surface area contributed by atoms with Gasteiger partial charge in [0, 0.05) is 18.1 Å². The zero-order valence-corrected chi connectivity index (χ0v) is 11.2. The lowest BCUT2D eigenvalue weighted by atomic mass is 10.0. The molecule has 0 spiro atoms. The number of nitrogens with one attached hydrogen (secondary N) is 1. The van der Waals surface area contributed by atoms with Crippen molar-refractivity contribution in [1.82, 2.24) is 5.32 Å². The minimum atomic E-state index is -2.79. The van der Waals surface area contributed by atoms with Gasteiger partial charge in [-0.2, -0.15) is 0 Å². The minimum Gasteiger partial charge on any atom is -0.314 e. The molecule has 0 bridgehead atoms. The van der Waals surface area contributed by atoms with E-state index in [9.17, 15) is 8.42 Å². The molecule has 0 fully saturated rings. The molecule has 92 valence electrons. The van der Waals surface area contributed by atoms with Crippen molar-refractivity contribution >= 4 is 9.84 Å². The SMILES string of the molecule is CCNC(CCCS(C)(=O)=O)CC(C)C. The average Bonchev–Trinajstić information content (AvgIpc) is 2.00. The van der Waals surface area contributed by atoms with E-state index in [0.717, 1.165) is 25.8 Å². The van der Waals surface area contributed by atoms with Gasteiger partial charge in [0.15, 0.2) is 0 Å². The highest BCUT2D eigenvalue weighted by Crippen LogP contribution is 2.10. The molecule has 0 aliphatic heterocycles. The van der Waals surface area contributed by atoms with Crippen molar-refractivity contribution in [3.63, 3.8) is 0 Å².